The quantitative estimate of drug-likeness (QED) is 0.856. The molecule has 2 nitrogen and oxygen atoms in total. The van der Waals surface area contributed by atoms with Crippen LogP contribution in [0.5, 0.6) is 0 Å². The molecule has 90 valence electrons. The van der Waals surface area contributed by atoms with Crippen LogP contribution in [0.25, 0.3) is 0 Å². The molecule has 0 amide bonds. The lowest BCUT2D eigenvalue weighted by Gasteiger charge is -2.01. The summed E-state index contributed by atoms with van der Waals surface area (Å²) in [4.78, 5) is 5.26. The Morgan fingerprint density at radius 2 is 2.24 bits per heavy atom. The van der Waals surface area contributed by atoms with Crippen LogP contribution < -0.4 is 0 Å². The number of nitrogens with zero attached hydrogens (tertiary/aromatic N) is 1. The van der Waals surface area contributed by atoms with Crippen molar-refractivity contribution in [3.8, 4) is 0 Å². The van der Waals surface area contributed by atoms with Crippen molar-refractivity contribution in [2.45, 2.75) is 18.4 Å². The van der Waals surface area contributed by atoms with E-state index >= 15 is 0 Å². The minimum atomic E-state index is -0.867. The highest BCUT2D eigenvalue weighted by Gasteiger charge is 2.06. The van der Waals surface area contributed by atoms with Crippen molar-refractivity contribution in [1.82, 2.24) is 4.98 Å². The van der Waals surface area contributed by atoms with E-state index in [4.69, 9.17) is 0 Å². The van der Waals surface area contributed by atoms with Gasteiger partial charge in [-0.1, -0.05) is 28.1 Å². The van der Waals surface area contributed by atoms with E-state index in [1.807, 2.05) is 37.4 Å². The zero-order chi connectivity index (χ0) is 12.3. The predicted molar refractivity (Wildman–Crippen MR) is 76.5 cm³/mol. The molecule has 0 saturated heterocycles. The Kier molecular flexibility index (Phi) is 4.48. The third-order valence-corrected chi connectivity index (χ3v) is 5.07. The number of hydrogen-bond acceptors (Lipinski definition) is 3. The van der Waals surface area contributed by atoms with E-state index in [2.05, 4.69) is 20.9 Å². The molecule has 1 atom stereocenters. The third-order valence-electron chi connectivity index (χ3n) is 2.19. The Hall–Kier alpha value is -0.520. The summed E-state index contributed by atoms with van der Waals surface area (Å²) in [6.07, 6.45) is 1.82. The van der Waals surface area contributed by atoms with Crippen LogP contribution in [0.4, 0.5) is 0 Å². The summed E-state index contributed by atoms with van der Waals surface area (Å²) < 4.78 is 13.0. The first-order chi connectivity index (χ1) is 8.13. The van der Waals surface area contributed by atoms with E-state index in [9.17, 15) is 4.21 Å². The first-order valence-electron chi connectivity index (χ1n) is 5.14. The van der Waals surface area contributed by atoms with Gasteiger partial charge in [0.05, 0.1) is 10.8 Å². The minimum absolute atomic E-state index is 0.594. The summed E-state index contributed by atoms with van der Waals surface area (Å²) in [7, 11) is -0.867. The normalized spacial score (nSPS) is 12.6. The topological polar surface area (TPSA) is 30.0 Å². The van der Waals surface area contributed by atoms with Crippen LogP contribution in [0, 0.1) is 6.92 Å². The minimum Gasteiger partial charge on any atom is -0.259 e. The molecule has 0 unspecified atom stereocenters. The van der Waals surface area contributed by atoms with Crippen molar-refractivity contribution < 1.29 is 4.21 Å². The molecule has 0 aliphatic heterocycles. The SMILES string of the molecule is Cc1ncc(C[S@](=O)Cc2cccc(Br)c2)s1. The van der Waals surface area contributed by atoms with Gasteiger partial charge in [0.25, 0.3) is 0 Å². The lowest BCUT2D eigenvalue weighted by atomic mass is 10.2. The molecule has 0 bridgehead atoms. The first-order valence-corrected chi connectivity index (χ1v) is 8.24. The monoisotopic (exact) mass is 329 g/mol. The van der Waals surface area contributed by atoms with Crippen LogP contribution >= 0.6 is 27.3 Å². The molecule has 0 fully saturated rings. The number of halogens is 1. The summed E-state index contributed by atoms with van der Waals surface area (Å²) in [6.45, 7) is 1.96. The molecule has 1 aromatic heterocycles. The van der Waals surface area contributed by atoms with Crippen molar-refractivity contribution in [3.63, 3.8) is 0 Å². The number of rotatable bonds is 4. The van der Waals surface area contributed by atoms with Gasteiger partial charge in [-0.15, -0.1) is 11.3 Å². The Morgan fingerprint density at radius 1 is 1.41 bits per heavy atom. The first kappa shape index (κ1) is 12.9. The maximum atomic E-state index is 12.0. The van der Waals surface area contributed by atoms with Crippen LogP contribution in [0.3, 0.4) is 0 Å². The molecule has 1 heterocycles. The van der Waals surface area contributed by atoms with E-state index in [1.165, 1.54) is 0 Å². The fraction of sp³-hybridized carbons (Fsp3) is 0.250. The lowest BCUT2D eigenvalue weighted by molar-refractivity contribution is 0.682. The third kappa shape index (κ3) is 4.01. The van der Waals surface area contributed by atoms with Crippen molar-refractivity contribution in [3.05, 3.63) is 50.4 Å². The highest BCUT2D eigenvalue weighted by atomic mass is 79.9. The fourth-order valence-corrected chi connectivity index (χ4v) is 4.21. The van der Waals surface area contributed by atoms with Crippen molar-refractivity contribution >= 4 is 38.1 Å². The lowest BCUT2D eigenvalue weighted by Crippen LogP contribution is -1.98. The van der Waals surface area contributed by atoms with Crippen LogP contribution in [-0.4, -0.2) is 9.19 Å². The van der Waals surface area contributed by atoms with E-state index in [1.54, 1.807) is 11.3 Å². The van der Waals surface area contributed by atoms with Crippen LogP contribution in [-0.2, 0) is 22.3 Å². The van der Waals surface area contributed by atoms with Gasteiger partial charge in [-0.2, -0.15) is 0 Å². The number of aromatic nitrogens is 1. The average molecular weight is 330 g/mol. The summed E-state index contributed by atoms with van der Waals surface area (Å²) in [5.41, 5.74) is 1.10. The maximum absolute atomic E-state index is 12.0. The van der Waals surface area contributed by atoms with Crippen LogP contribution in [0.15, 0.2) is 34.9 Å². The second-order valence-electron chi connectivity index (χ2n) is 3.70. The van der Waals surface area contributed by atoms with Gasteiger partial charge in [0.2, 0.25) is 0 Å². The Morgan fingerprint density at radius 3 is 2.88 bits per heavy atom. The zero-order valence-electron chi connectivity index (χ0n) is 9.35. The fourth-order valence-electron chi connectivity index (χ4n) is 1.49. The Balaban J connectivity index is 1.98. The molecule has 0 spiro atoms. The van der Waals surface area contributed by atoms with Gasteiger partial charge in [0.1, 0.15) is 0 Å². The van der Waals surface area contributed by atoms with Crippen molar-refractivity contribution in [2.24, 2.45) is 0 Å². The van der Waals surface area contributed by atoms with E-state index in [0.29, 0.717) is 11.5 Å². The zero-order valence-corrected chi connectivity index (χ0v) is 12.6. The van der Waals surface area contributed by atoms with Gasteiger partial charge in [-0.05, 0) is 24.6 Å². The smallest absolute Gasteiger partial charge is 0.0897 e. The molecule has 17 heavy (non-hydrogen) atoms. The van der Waals surface area contributed by atoms with Gasteiger partial charge >= 0.3 is 0 Å². The summed E-state index contributed by atoms with van der Waals surface area (Å²) in [5, 5.41) is 1.03. The molecular weight excluding hydrogens is 318 g/mol. The van der Waals surface area contributed by atoms with Crippen LogP contribution in [0.2, 0.25) is 0 Å². The highest BCUT2D eigenvalue weighted by Crippen LogP contribution is 2.17. The molecule has 0 aliphatic rings. The standard InChI is InChI=1S/C12H12BrNOS2/c1-9-14-6-12(16-9)8-17(15)7-10-3-2-4-11(13)5-10/h2-6H,7-8H2,1H3/t17-/m1/s1. The molecule has 0 aliphatic carbocycles. The predicted octanol–water partition coefficient (Wildman–Crippen LogP) is 3.66. The van der Waals surface area contributed by atoms with Gasteiger partial charge in [0.15, 0.2) is 0 Å². The highest BCUT2D eigenvalue weighted by molar-refractivity contribution is 9.10. The largest absolute Gasteiger partial charge is 0.259 e. The second-order valence-corrected chi connectivity index (χ2v) is 7.40. The van der Waals surface area contributed by atoms with Crippen LogP contribution in [0.1, 0.15) is 15.4 Å². The number of hydrogen-bond donors (Lipinski definition) is 0. The summed E-state index contributed by atoms with van der Waals surface area (Å²) in [6, 6.07) is 7.95. The Bertz CT molecular complexity index is 539. The molecule has 2 aromatic rings. The molecule has 0 N–H and O–H groups in total. The number of benzene rings is 1. The van der Waals surface area contributed by atoms with Gasteiger partial charge < -0.3 is 0 Å². The van der Waals surface area contributed by atoms with Gasteiger partial charge in [0, 0.05) is 32.1 Å². The van der Waals surface area contributed by atoms with E-state index < -0.39 is 10.8 Å². The van der Waals surface area contributed by atoms with E-state index in [0.717, 1.165) is 19.9 Å². The Labute approximate surface area is 116 Å². The molecule has 5 heteroatoms. The second kappa shape index (κ2) is 5.89. The van der Waals surface area contributed by atoms with Gasteiger partial charge in [-0.3, -0.25) is 4.21 Å². The molecule has 0 saturated carbocycles. The molecule has 0 radical (unpaired) electrons. The average Bonchev–Trinajstić information content (AvgIpc) is 2.63. The maximum Gasteiger partial charge on any atom is 0.0897 e. The van der Waals surface area contributed by atoms with Crippen molar-refractivity contribution in [1.29, 1.82) is 0 Å². The summed E-state index contributed by atoms with van der Waals surface area (Å²) in [5.74, 6) is 1.19. The molecule has 2 rings (SSSR count). The summed E-state index contributed by atoms with van der Waals surface area (Å²) >= 11 is 5.03. The van der Waals surface area contributed by atoms with Gasteiger partial charge in [-0.25, -0.2) is 4.98 Å². The van der Waals surface area contributed by atoms with Crippen molar-refractivity contribution in [2.75, 3.05) is 0 Å². The number of aryl methyl sites for hydroxylation is 1. The number of thiazole rings is 1. The molecular formula is C12H12BrNOS2. The van der Waals surface area contributed by atoms with E-state index in [-0.39, 0.29) is 0 Å². The molecule has 1 aromatic carbocycles.